The summed E-state index contributed by atoms with van der Waals surface area (Å²) in [5.41, 5.74) is 3.94. The zero-order chi connectivity index (χ0) is 25.5. The normalized spacial score (nSPS) is 23.1. The smallest absolute Gasteiger partial charge is 0.162 e. The molecule has 192 valence electrons. The predicted molar refractivity (Wildman–Crippen MR) is 141 cm³/mol. The van der Waals surface area contributed by atoms with Crippen molar-refractivity contribution < 1.29 is 17.9 Å². The molecule has 0 amide bonds. The maximum Gasteiger partial charge on any atom is 0.162 e. The molecular weight excluding hydrogens is 457 g/mol. The molecule has 0 spiro atoms. The van der Waals surface area contributed by atoms with E-state index < -0.39 is 11.7 Å². The summed E-state index contributed by atoms with van der Waals surface area (Å²) in [7, 11) is 0. The van der Waals surface area contributed by atoms with Crippen LogP contribution in [0.1, 0.15) is 93.1 Å². The van der Waals surface area contributed by atoms with Crippen molar-refractivity contribution in [2.75, 3.05) is 6.61 Å². The number of epoxide rings is 1. The fourth-order valence-electron chi connectivity index (χ4n) is 5.22. The van der Waals surface area contributed by atoms with Crippen molar-refractivity contribution in [1.82, 2.24) is 0 Å². The summed E-state index contributed by atoms with van der Waals surface area (Å²) in [6.07, 6.45) is 11.8. The van der Waals surface area contributed by atoms with Gasteiger partial charge in [-0.25, -0.2) is 13.2 Å². The van der Waals surface area contributed by atoms with E-state index in [0.717, 1.165) is 49.7 Å². The van der Waals surface area contributed by atoms with E-state index in [4.69, 9.17) is 4.74 Å². The minimum Gasteiger partial charge on any atom is -0.368 e. The van der Waals surface area contributed by atoms with Crippen molar-refractivity contribution >= 4 is 5.57 Å². The zero-order valence-corrected chi connectivity index (χ0v) is 21.4. The van der Waals surface area contributed by atoms with Gasteiger partial charge in [-0.15, -0.1) is 0 Å². The summed E-state index contributed by atoms with van der Waals surface area (Å²) in [4.78, 5) is 0. The predicted octanol–water partition coefficient (Wildman–Crippen LogP) is 9.71. The van der Waals surface area contributed by atoms with Gasteiger partial charge in [0.05, 0.1) is 6.61 Å². The Labute approximate surface area is 213 Å². The fraction of sp³-hybridized carbons (Fsp3) is 0.438. The lowest BCUT2D eigenvalue weighted by Crippen LogP contribution is -2.13. The van der Waals surface area contributed by atoms with Crippen molar-refractivity contribution in [2.24, 2.45) is 5.92 Å². The highest BCUT2D eigenvalue weighted by molar-refractivity contribution is 5.77. The largest absolute Gasteiger partial charge is 0.368 e. The molecule has 2 aromatic rings. The van der Waals surface area contributed by atoms with Crippen molar-refractivity contribution in [3.8, 4) is 0 Å². The van der Waals surface area contributed by atoms with Crippen molar-refractivity contribution in [3.05, 3.63) is 100 Å². The Kier molecular flexibility index (Phi) is 9.25. The second-order valence-electron chi connectivity index (χ2n) is 10.0. The first-order valence-electron chi connectivity index (χ1n) is 13.4. The monoisotopic (exact) mass is 494 g/mol. The van der Waals surface area contributed by atoms with Gasteiger partial charge < -0.3 is 4.74 Å². The molecule has 2 aromatic carbocycles. The fourth-order valence-corrected chi connectivity index (χ4v) is 5.22. The molecule has 1 aliphatic heterocycles. The average Bonchev–Trinajstić information content (AvgIpc) is 3.74. The van der Waals surface area contributed by atoms with E-state index in [2.05, 4.69) is 6.92 Å². The van der Waals surface area contributed by atoms with Crippen molar-refractivity contribution in [1.29, 1.82) is 0 Å². The first kappa shape index (κ1) is 26.5. The number of allylic oxidation sites excluding steroid dienone is 6. The summed E-state index contributed by atoms with van der Waals surface area (Å²) in [6.45, 7) is 4.73. The first-order valence-corrected chi connectivity index (χ1v) is 13.4. The Morgan fingerprint density at radius 2 is 1.72 bits per heavy atom. The minimum absolute atomic E-state index is 0.0555. The van der Waals surface area contributed by atoms with E-state index in [9.17, 15) is 8.78 Å². The topological polar surface area (TPSA) is 12.5 Å². The standard InChI is InChI=1S/C32H37F3O/c1-3-6-22-10-16-25(17-11-22)28(7-4-2)32(35)29(33)9-5-8-23-12-14-24(15-13-23)27-19-18-26(20-30(27)34)31-21-36-31/h5,7-8,10-11,16-20,23-24,31H,3-4,6,9,12-15,21H2,1-2H3/b8-5+,28-7-,32-29-. The summed E-state index contributed by atoms with van der Waals surface area (Å²) in [6, 6.07) is 13.2. The first-order chi connectivity index (χ1) is 17.5. The number of rotatable bonds is 10. The Bertz CT molecular complexity index is 1100. The van der Waals surface area contributed by atoms with Crippen LogP contribution in [-0.4, -0.2) is 6.61 Å². The molecule has 1 saturated heterocycles. The van der Waals surface area contributed by atoms with E-state index in [-0.39, 0.29) is 24.3 Å². The van der Waals surface area contributed by atoms with Crippen LogP contribution in [0.4, 0.5) is 13.2 Å². The third kappa shape index (κ3) is 6.79. The highest BCUT2D eigenvalue weighted by Crippen LogP contribution is 2.39. The molecule has 1 heterocycles. The molecule has 2 aliphatic rings. The van der Waals surface area contributed by atoms with Crippen LogP contribution in [0.2, 0.25) is 0 Å². The lowest BCUT2D eigenvalue weighted by molar-refractivity contribution is 0.367. The maximum absolute atomic E-state index is 15.1. The highest BCUT2D eigenvalue weighted by atomic mass is 19.2. The van der Waals surface area contributed by atoms with E-state index >= 15 is 4.39 Å². The van der Waals surface area contributed by atoms with E-state index in [1.54, 1.807) is 18.2 Å². The Morgan fingerprint density at radius 3 is 2.33 bits per heavy atom. The molecule has 36 heavy (non-hydrogen) atoms. The maximum atomic E-state index is 15.1. The quantitative estimate of drug-likeness (QED) is 0.182. The second kappa shape index (κ2) is 12.6. The minimum atomic E-state index is -0.774. The molecule has 1 saturated carbocycles. The van der Waals surface area contributed by atoms with Crippen LogP contribution in [0.25, 0.3) is 5.57 Å². The lowest BCUT2D eigenvalue weighted by Gasteiger charge is -2.27. The van der Waals surface area contributed by atoms with Gasteiger partial charge >= 0.3 is 0 Å². The third-order valence-electron chi connectivity index (χ3n) is 7.33. The summed E-state index contributed by atoms with van der Waals surface area (Å²) in [5, 5.41) is 0. The van der Waals surface area contributed by atoms with Crippen molar-refractivity contribution in [2.45, 2.75) is 77.2 Å². The number of benzene rings is 2. The summed E-state index contributed by atoms with van der Waals surface area (Å²) < 4.78 is 49.7. The highest BCUT2D eigenvalue weighted by Gasteiger charge is 2.28. The molecule has 1 nitrogen and oxygen atoms in total. The van der Waals surface area contributed by atoms with Gasteiger partial charge in [0.2, 0.25) is 0 Å². The molecule has 0 aromatic heterocycles. The van der Waals surface area contributed by atoms with Crippen LogP contribution in [0.5, 0.6) is 0 Å². The molecule has 1 unspecified atom stereocenters. The number of ether oxygens (including phenoxy) is 1. The lowest BCUT2D eigenvalue weighted by atomic mass is 9.78. The molecule has 0 bridgehead atoms. The zero-order valence-electron chi connectivity index (χ0n) is 21.4. The van der Waals surface area contributed by atoms with Gasteiger partial charge in [0, 0.05) is 12.0 Å². The van der Waals surface area contributed by atoms with Crippen LogP contribution >= 0.6 is 0 Å². The van der Waals surface area contributed by atoms with E-state index in [1.807, 2.05) is 49.4 Å². The van der Waals surface area contributed by atoms with Crippen LogP contribution in [0.3, 0.4) is 0 Å². The van der Waals surface area contributed by atoms with Crippen molar-refractivity contribution in [3.63, 3.8) is 0 Å². The van der Waals surface area contributed by atoms with Gasteiger partial charge in [-0.1, -0.05) is 74.9 Å². The molecule has 4 rings (SSSR count). The van der Waals surface area contributed by atoms with Crippen LogP contribution in [-0.2, 0) is 11.2 Å². The average molecular weight is 495 g/mol. The Balaban J connectivity index is 1.33. The van der Waals surface area contributed by atoms with Gasteiger partial charge in [-0.05, 0) is 78.7 Å². The van der Waals surface area contributed by atoms with Crippen LogP contribution in [0, 0.1) is 11.7 Å². The third-order valence-corrected chi connectivity index (χ3v) is 7.33. The Morgan fingerprint density at radius 1 is 1.00 bits per heavy atom. The second-order valence-corrected chi connectivity index (χ2v) is 10.0. The molecule has 4 heteroatoms. The molecular formula is C32H37F3O. The van der Waals surface area contributed by atoms with Crippen LogP contribution in [0.15, 0.2) is 72.3 Å². The summed E-state index contributed by atoms with van der Waals surface area (Å²) >= 11 is 0. The number of hydrogen-bond acceptors (Lipinski definition) is 1. The van der Waals surface area contributed by atoms with E-state index in [1.165, 1.54) is 5.56 Å². The number of halogens is 3. The molecule has 0 N–H and O–H groups in total. The number of hydrogen-bond donors (Lipinski definition) is 0. The van der Waals surface area contributed by atoms with Gasteiger partial charge in [-0.2, -0.15) is 0 Å². The van der Waals surface area contributed by atoms with Gasteiger partial charge in [0.15, 0.2) is 5.83 Å². The summed E-state index contributed by atoms with van der Waals surface area (Å²) in [5.74, 6) is -1.12. The van der Waals surface area contributed by atoms with Gasteiger partial charge in [0.25, 0.3) is 0 Å². The molecule has 1 atom stereocenters. The van der Waals surface area contributed by atoms with Gasteiger partial charge in [0.1, 0.15) is 17.7 Å². The molecule has 1 aliphatic carbocycles. The van der Waals surface area contributed by atoms with Gasteiger partial charge in [-0.3, -0.25) is 0 Å². The SMILES string of the molecule is CC/C=C(\C(F)=C(\F)C/C=C/C1CCC(c2ccc(C3CO3)cc2F)CC1)c1ccc(CCC)cc1. The van der Waals surface area contributed by atoms with Crippen LogP contribution < -0.4 is 0 Å². The molecule has 2 fully saturated rings. The number of aryl methyl sites for hydroxylation is 1. The Hall–Kier alpha value is -2.59. The molecule has 0 radical (unpaired) electrons. The van der Waals surface area contributed by atoms with E-state index in [0.29, 0.717) is 30.1 Å².